The van der Waals surface area contributed by atoms with E-state index in [0.717, 1.165) is 28.3 Å². The van der Waals surface area contributed by atoms with E-state index in [4.69, 9.17) is 9.15 Å². The summed E-state index contributed by atoms with van der Waals surface area (Å²) in [5.41, 5.74) is 2.70. The fourth-order valence-corrected chi connectivity index (χ4v) is 4.10. The molecule has 0 radical (unpaired) electrons. The van der Waals surface area contributed by atoms with E-state index in [-0.39, 0.29) is 5.91 Å². The average molecular weight is 425 g/mol. The summed E-state index contributed by atoms with van der Waals surface area (Å²) in [6, 6.07) is 29.3. The van der Waals surface area contributed by atoms with E-state index in [9.17, 15) is 4.79 Å². The molecule has 1 unspecified atom stereocenters. The molecule has 4 aromatic rings. The maximum Gasteiger partial charge on any atom is 0.258 e. The molecule has 5 nitrogen and oxygen atoms in total. The van der Waals surface area contributed by atoms with E-state index >= 15 is 0 Å². The molecule has 0 bridgehead atoms. The maximum absolute atomic E-state index is 13.5. The Balaban J connectivity index is 1.50. The molecule has 0 saturated carbocycles. The smallest absolute Gasteiger partial charge is 0.258 e. The Labute approximate surface area is 187 Å². The van der Waals surface area contributed by atoms with Gasteiger partial charge in [-0.25, -0.2) is 0 Å². The van der Waals surface area contributed by atoms with Crippen molar-refractivity contribution in [2.75, 3.05) is 5.32 Å². The molecule has 160 valence electrons. The van der Waals surface area contributed by atoms with E-state index < -0.39 is 5.66 Å². The molecule has 0 spiro atoms. The highest BCUT2D eigenvalue weighted by atomic mass is 16.5. The molecule has 1 N–H and O–H groups in total. The van der Waals surface area contributed by atoms with E-state index in [1.54, 1.807) is 6.26 Å². The molecule has 1 aliphatic heterocycles. The zero-order valence-electron chi connectivity index (χ0n) is 17.8. The molecule has 5 heteroatoms. The van der Waals surface area contributed by atoms with Gasteiger partial charge in [0.1, 0.15) is 23.8 Å². The predicted octanol–water partition coefficient (Wildman–Crippen LogP) is 5.80. The highest BCUT2D eigenvalue weighted by Gasteiger charge is 2.43. The zero-order valence-corrected chi connectivity index (χ0v) is 17.8. The summed E-state index contributed by atoms with van der Waals surface area (Å²) < 4.78 is 11.6. The molecule has 1 atom stereocenters. The molecule has 32 heavy (non-hydrogen) atoms. The largest absolute Gasteiger partial charge is 0.489 e. The predicted molar refractivity (Wildman–Crippen MR) is 123 cm³/mol. The van der Waals surface area contributed by atoms with Gasteiger partial charge in [0.15, 0.2) is 0 Å². The Morgan fingerprint density at radius 2 is 1.75 bits per heavy atom. The van der Waals surface area contributed by atoms with Crippen LogP contribution in [0, 0.1) is 0 Å². The number of nitrogens with one attached hydrogen (secondary N) is 1. The van der Waals surface area contributed by atoms with Crippen molar-refractivity contribution in [1.29, 1.82) is 0 Å². The first-order valence-electron chi connectivity index (χ1n) is 10.6. The van der Waals surface area contributed by atoms with Crippen molar-refractivity contribution in [2.24, 2.45) is 0 Å². The number of rotatable bonds is 6. The van der Waals surface area contributed by atoms with Crippen molar-refractivity contribution in [2.45, 2.75) is 25.7 Å². The lowest BCUT2D eigenvalue weighted by atomic mass is 9.93. The second-order valence-corrected chi connectivity index (χ2v) is 8.02. The number of fused-ring (bicyclic) bond motifs is 1. The molecule has 3 aromatic carbocycles. The van der Waals surface area contributed by atoms with Gasteiger partial charge in [-0.15, -0.1) is 0 Å². The van der Waals surface area contributed by atoms with Crippen LogP contribution in [0.3, 0.4) is 0 Å². The topological polar surface area (TPSA) is 54.7 Å². The van der Waals surface area contributed by atoms with Gasteiger partial charge >= 0.3 is 0 Å². The Morgan fingerprint density at radius 3 is 2.56 bits per heavy atom. The Morgan fingerprint density at radius 1 is 0.938 bits per heavy atom. The summed E-state index contributed by atoms with van der Waals surface area (Å²) in [5.74, 6) is 1.43. The highest BCUT2D eigenvalue weighted by molar-refractivity contribution is 6.02. The molecule has 1 amide bonds. The first kappa shape index (κ1) is 19.9. The third-order valence-electron chi connectivity index (χ3n) is 5.86. The number of hydrogen-bond donors (Lipinski definition) is 1. The number of hydrogen-bond acceptors (Lipinski definition) is 4. The van der Waals surface area contributed by atoms with Crippen molar-refractivity contribution in [3.63, 3.8) is 0 Å². The van der Waals surface area contributed by atoms with Crippen LogP contribution in [0.2, 0.25) is 0 Å². The summed E-state index contributed by atoms with van der Waals surface area (Å²) in [6.07, 6.45) is 1.63. The van der Waals surface area contributed by atoms with E-state index in [0.29, 0.717) is 18.7 Å². The van der Waals surface area contributed by atoms with Crippen molar-refractivity contribution in [1.82, 2.24) is 4.90 Å². The fourth-order valence-electron chi connectivity index (χ4n) is 4.10. The Hall–Kier alpha value is -3.99. The van der Waals surface area contributed by atoms with Crippen molar-refractivity contribution < 1.29 is 13.9 Å². The lowest BCUT2D eigenvalue weighted by molar-refractivity contribution is 0.0486. The van der Waals surface area contributed by atoms with Crippen LogP contribution in [0.5, 0.6) is 5.75 Å². The third-order valence-corrected chi connectivity index (χ3v) is 5.86. The van der Waals surface area contributed by atoms with E-state index in [2.05, 4.69) is 5.32 Å². The maximum atomic E-state index is 13.5. The lowest BCUT2D eigenvalue weighted by Gasteiger charge is -2.46. The molecule has 2 heterocycles. The third kappa shape index (κ3) is 3.73. The summed E-state index contributed by atoms with van der Waals surface area (Å²) in [5, 5.41) is 3.59. The molecular formula is C27H24N2O3. The van der Waals surface area contributed by atoms with Crippen LogP contribution >= 0.6 is 0 Å². The minimum absolute atomic E-state index is 0.0474. The Kier molecular flexibility index (Phi) is 5.15. The van der Waals surface area contributed by atoms with Crippen LogP contribution in [0.1, 0.15) is 34.2 Å². The number of carbonyl (C=O) groups excluding carboxylic acids is 1. The minimum atomic E-state index is -0.787. The summed E-state index contributed by atoms with van der Waals surface area (Å²) in [4.78, 5) is 15.4. The molecule has 0 fully saturated rings. The quantitative estimate of drug-likeness (QED) is 0.425. The van der Waals surface area contributed by atoms with Crippen molar-refractivity contribution >= 4 is 11.6 Å². The molecular weight excluding hydrogens is 400 g/mol. The summed E-state index contributed by atoms with van der Waals surface area (Å²) in [6.45, 7) is 2.84. The van der Waals surface area contributed by atoms with Gasteiger partial charge in [-0.05, 0) is 48.9 Å². The van der Waals surface area contributed by atoms with Crippen LogP contribution in [-0.2, 0) is 18.8 Å². The molecule has 1 aliphatic rings. The van der Waals surface area contributed by atoms with Crippen LogP contribution in [0.4, 0.5) is 5.69 Å². The molecule has 5 rings (SSSR count). The number of amides is 1. The lowest BCUT2D eigenvalue weighted by Crippen LogP contribution is -2.55. The monoisotopic (exact) mass is 424 g/mol. The van der Waals surface area contributed by atoms with Crippen LogP contribution in [0.25, 0.3) is 0 Å². The second-order valence-electron chi connectivity index (χ2n) is 8.02. The van der Waals surface area contributed by atoms with Crippen LogP contribution in [0.15, 0.2) is 102 Å². The number of anilines is 1. The molecule has 0 saturated heterocycles. The summed E-state index contributed by atoms with van der Waals surface area (Å²) in [7, 11) is 0. The first-order valence-corrected chi connectivity index (χ1v) is 10.6. The highest BCUT2D eigenvalue weighted by Crippen LogP contribution is 2.39. The molecule has 1 aromatic heterocycles. The number of carbonyl (C=O) groups is 1. The van der Waals surface area contributed by atoms with E-state index in [1.807, 2.05) is 103 Å². The first-order chi connectivity index (χ1) is 15.6. The second kappa shape index (κ2) is 8.27. The minimum Gasteiger partial charge on any atom is -0.489 e. The van der Waals surface area contributed by atoms with Crippen LogP contribution < -0.4 is 10.1 Å². The van der Waals surface area contributed by atoms with Gasteiger partial charge in [0.25, 0.3) is 5.91 Å². The number of nitrogens with zero attached hydrogens (tertiary/aromatic N) is 1. The normalized spacial score (nSPS) is 17.5. The van der Waals surface area contributed by atoms with Gasteiger partial charge in [-0.3, -0.25) is 4.79 Å². The standard InChI is InChI=1S/C27H24N2O3/c1-27(21-11-7-12-22(17-21)32-19-20-9-3-2-4-10-20)28-25-15-6-5-14-24(25)26(30)29(27)18-23-13-8-16-31-23/h2-17,28H,18-19H2,1H3. The Bertz CT molecular complexity index is 1220. The van der Waals surface area contributed by atoms with E-state index in [1.165, 1.54) is 0 Å². The van der Waals surface area contributed by atoms with Crippen LogP contribution in [-0.4, -0.2) is 10.8 Å². The zero-order chi connectivity index (χ0) is 22.0. The average Bonchev–Trinajstić information content (AvgIpc) is 3.35. The summed E-state index contributed by atoms with van der Waals surface area (Å²) >= 11 is 0. The number of para-hydroxylation sites is 1. The van der Waals surface area contributed by atoms with Crippen molar-refractivity contribution in [3.8, 4) is 5.75 Å². The molecule has 0 aliphatic carbocycles. The van der Waals surface area contributed by atoms with Gasteiger partial charge < -0.3 is 19.4 Å². The van der Waals surface area contributed by atoms with Gasteiger partial charge in [-0.1, -0.05) is 54.6 Å². The number of benzene rings is 3. The van der Waals surface area contributed by atoms with Gasteiger partial charge in [0, 0.05) is 11.3 Å². The van der Waals surface area contributed by atoms with Gasteiger partial charge in [-0.2, -0.15) is 0 Å². The van der Waals surface area contributed by atoms with Gasteiger partial charge in [0.05, 0.1) is 18.4 Å². The number of ether oxygens (including phenoxy) is 1. The van der Waals surface area contributed by atoms with Gasteiger partial charge in [0.2, 0.25) is 0 Å². The van der Waals surface area contributed by atoms with Crippen molar-refractivity contribution in [3.05, 3.63) is 120 Å². The fraction of sp³-hybridized carbons (Fsp3) is 0.148. The SMILES string of the molecule is CC1(c2cccc(OCc3ccccc3)c2)Nc2ccccc2C(=O)N1Cc1ccco1. The number of furan rings is 1.